The molecule has 130 valence electrons. The van der Waals surface area contributed by atoms with Crippen LogP contribution < -0.4 is 20.7 Å². The number of benzene rings is 1. The first-order valence-corrected chi connectivity index (χ1v) is 9.10. The summed E-state index contributed by atoms with van der Waals surface area (Å²) >= 11 is 1.12. The molecule has 2 aliphatic rings. The summed E-state index contributed by atoms with van der Waals surface area (Å²) in [5, 5.41) is 12.1. The average Bonchev–Trinajstić information content (AvgIpc) is 2.85. The standard InChI is InChI=1S/C17H23N3O3S/c1-2-23-13-7-3-5-11(9-14-16(21)19-17(22)24-14)15(13)20-8-4-6-12(18)10-20/h3,5,7,9,12,17,22H,2,4,6,8,10,18H2,1H3,(H,19,21). The fourth-order valence-corrected chi connectivity index (χ4v) is 3.87. The lowest BCUT2D eigenvalue weighted by Gasteiger charge is -2.34. The molecule has 1 aromatic rings. The van der Waals surface area contributed by atoms with Gasteiger partial charge in [-0.2, -0.15) is 0 Å². The number of hydrogen-bond acceptors (Lipinski definition) is 6. The van der Waals surface area contributed by atoms with Crippen molar-refractivity contribution in [2.45, 2.75) is 31.4 Å². The second-order valence-electron chi connectivity index (χ2n) is 5.93. The lowest BCUT2D eigenvalue weighted by atomic mass is 10.0. The topological polar surface area (TPSA) is 87.8 Å². The number of ether oxygens (including phenoxy) is 1. The Morgan fingerprint density at radius 3 is 3.04 bits per heavy atom. The number of hydrogen-bond donors (Lipinski definition) is 3. The molecule has 7 heteroatoms. The lowest BCUT2D eigenvalue weighted by Crippen LogP contribution is -2.43. The van der Waals surface area contributed by atoms with E-state index in [9.17, 15) is 9.90 Å². The third kappa shape index (κ3) is 3.68. The number of nitrogens with two attached hydrogens (primary N) is 1. The SMILES string of the molecule is CCOc1cccc(C=C2SC(O)NC2=O)c1N1CCCC(N)C1. The summed E-state index contributed by atoms with van der Waals surface area (Å²) in [4.78, 5) is 14.6. The molecule has 0 radical (unpaired) electrons. The van der Waals surface area contributed by atoms with E-state index < -0.39 is 5.56 Å². The number of anilines is 1. The van der Waals surface area contributed by atoms with E-state index in [2.05, 4.69) is 10.2 Å². The number of aliphatic hydroxyl groups excluding tert-OH is 1. The summed E-state index contributed by atoms with van der Waals surface area (Å²) in [6, 6.07) is 5.96. The number of carbonyl (C=O) groups is 1. The van der Waals surface area contributed by atoms with Crippen LogP contribution >= 0.6 is 11.8 Å². The Balaban J connectivity index is 2.00. The van der Waals surface area contributed by atoms with Crippen molar-refractivity contribution >= 4 is 29.4 Å². The zero-order chi connectivity index (χ0) is 17.1. The zero-order valence-electron chi connectivity index (χ0n) is 13.7. The molecule has 2 aliphatic heterocycles. The van der Waals surface area contributed by atoms with Gasteiger partial charge in [-0.25, -0.2) is 0 Å². The molecule has 2 atom stereocenters. The van der Waals surface area contributed by atoms with Crippen LogP contribution in [0.1, 0.15) is 25.3 Å². The molecule has 1 amide bonds. The van der Waals surface area contributed by atoms with Gasteiger partial charge in [-0.05, 0) is 31.9 Å². The molecule has 2 saturated heterocycles. The van der Waals surface area contributed by atoms with Crippen molar-refractivity contribution in [3.63, 3.8) is 0 Å². The van der Waals surface area contributed by atoms with E-state index in [4.69, 9.17) is 10.5 Å². The highest BCUT2D eigenvalue weighted by Gasteiger charge is 2.27. The summed E-state index contributed by atoms with van der Waals surface area (Å²) in [7, 11) is 0. The number of carbonyl (C=O) groups excluding carboxylic acids is 1. The van der Waals surface area contributed by atoms with E-state index in [-0.39, 0.29) is 11.9 Å². The number of nitrogens with one attached hydrogen (secondary N) is 1. The second-order valence-corrected chi connectivity index (χ2v) is 7.05. The average molecular weight is 349 g/mol. The molecular formula is C17H23N3O3S. The van der Waals surface area contributed by atoms with Gasteiger partial charge in [0.25, 0.3) is 5.91 Å². The number of piperidine rings is 1. The van der Waals surface area contributed by atoms with Crippen LogP contribution in [0.5, 0.6) is 5.75 Å². The Morgan fingerprint density at radius 2 is 2.38 bits per heavy atom. The molecule has 6 nitrogen and oxygen atoms in total. The van der Waals surface area contributed by atoms with Crippen LogP contribution in [0.15, 0.2) is 23.1 Å². The third-order valence-electron chi connectivity index (χ3n) is 4.11. The maximum atomic E-state index is 11.9. The van der Waals surface area contributed by atoms with Gasteiger partial charge in [0.2, 0.25) is 0 Å². The van der Waals surface area contributed by atoms with Crippen molar-refractivity contribution in [1.29, 1.82) is 0 Å². The molecule has 0 spiro atoms. The number of nitrogens with zero attached hydrogens (tertiary/aromatic N) is 1. The van der Waals surface area contributed by atoms with Crippen LogP contribution in [0.3, 0.4) is 0 Å². The van der Waals surface area contributed by atoms with Crippen LogP contribution in [0.4, 0.5) is 5.69 Å². The van der Waals surface area contributed by atoms with Gasteiger partial charge in [0.1, 0.15) is 5.75 Å². The first-order valence-electron chi connectivity index (χ1n) is 8.22. The van der Waals surface area contributed by atoms with E-state index in [0.717, 1.165) is 54.7 Å². The monoisotopic (exact) mass is 349 g/mol. The van der Waals surface area contributed by atoms with E-state index in [1.165, 1.54) is 0 Å². The number of aliphatic hydroxyl groups is 1. The van der Waals surface area contributed by atoms with Crippen molar-refractivity contribution in [1.82, 2.24) is 5.32 Å². The molecule has 0 saturated carbocycles. The molecule has 0 aliphatic carbocycles. The van der Waals surface area contributed by atoms with Crippen molar-refractivity contribution in [3.05, 3.63) is 28.7 Å². The summed E-state index contributed by atoms with van der Waals surface area (Å²) in [5.41, 5.74) is 7.13. The molecule has 4 N–H and O–H groups in total. The van der Waals surface area contributed by atoms with Crippen molar-refractivity contribution < 1.29 is 14.6 Å². The third-order valence-corrected chi connectivity index (χ3v) is 5.01. The van der Waals surface area contributed by atoms with Gasteiger partial charge in [0.15, 0.2) is 5.56 Å². The van der Waals surface area contributed by atoms with Crippen LogP contribution in [-0.4, -0.2) is 42.3 Å². The largest absolute Gasteiger partial charge is 0.492 e. The Hall–Kier alpha value is -1.70. The number of thioether (sulfide) groups is 1. The Bertz CT molecular complexity index is 650. The second kappa shape index (κ2) is 7.46. The van der Waals surface area contributed by atoms with E-state index in [1.54, 1.807) is 0 Å². The highest BCUT2D eigenvalue weighted by molar-refractivity contribution is 8.05. The van der Waals surface area contributed by atoms with E-state index >= 15 is 0 Å². The molecule has 1 aromatic carbocycles. The Labute approximate surface area is 146 Å². The van der Waals surface area contributed by atoms with Crippen molar-refractivity contribution in [2.75, 3.05) is 24.6 Å². The fourth-order valence-electron chi connectivity index (χ4n) is 3.11. The Kier molecular flexibility index (Phi) is 5.33. The highest BCUT2D eigenvalue weighted by Crippen LogP contribution is 2.37. The van der Waals surface area contributed by atoms with Gasteiger partial charge in [-0.1, -0.05) is 23.9 Å². The minimum atomic E-state index is -0.884. The highest BCUT2D eigenvalue weighted by atomic mass is 32.2. The maximum Gasteiger partial charge on any atom is 0.260 e. The predicted octanol–water partition coefficient (Wildman–Crippen LogP) is 1.49. The van der Waals surface area contributed by atoms with Crippen molar-refractivity contribution in [3.8, 4) is 5.75 Å². The number of rotatable bonds is 4. The summed E-state index contributed by atoms with van der Waals surface area (Å²) in [5.74, 6) is 0.542. The minimum absolute atomic E-state index is 0.139. The van der Waals surface area contributed by atoms with Crippen LogP contribution in [0.2, 0.25) is 0 Å². The first-order chi connectivity index (χ1) is 11.6. The molecule has 0 aromatic heterocycles. The molecule has 2 unspecified atom stereocenters. The van der Waals surface area contributed by atoms with Gasteiger partial charge in [-0.3, -0.25) is 4.79 Å². The van der Waals surface area contributed by atoms with Gasteiger partial charge in [0.05, 0.1) is 17.2 Å². The first kappa shape index (κ1) is 17.1. The van der Waals surface area contributed by atoms with Gasteiger partial charge in [-0.15, -0.1) is 0 Å². The fraction of sp³-hybridized carbons (Fsp3) is 0.471. The van der Waals surface area contributed by atoms with E-state index in [1.807, 2.05) is 31.2 Å². The van der Waals surface area contributed by atoms with Crippen LogP contribution in [-0.2, 0) is 4.79 Å². The van der Waals surface area contributed by atoms with E-state index in [0.29, 0.717) is 11.5 Å². The number of amides is 1. The Morgan fingerprint density at radius 1 is 1.54 bits per heavy atom. The van der Waals surface area contributed by atoms with Gasteiger partial charge < -0.3 is 25.8 Å². The van der Waals surface area contributed by atoms with Gasteiger partial charge >= 0.3 is 0 Å². The molecule has 2 fully saturated rings. The lowest BCUT2D eigenvalue weighted by molar-refractivity contribution is -0.117. The minimum Gasteiger partial charge on any atom is -0.492 e. The predicted molar refractivity (Wildman–Crippen MR) is 96.8 cm³/mol. The molecule has 3 rings (SSSR count). The van der Waals surface area contributed by atoms with Crippen LogP contribution in [0.25, 0.3) is 6.08 Å². The summed E-state index contributed by atoms with van der Waals surface area (Å²) < 4.78 is 5.81. The summed E-state index contributed by atoms with van der Waals surface area (Å²) in [6.45, 7) is 4.20. The molecule has 0 bridgehead atoms. The quantitative estimate of drug-likeness (QED) is 0.714. The van der Waals surface area contributed by atoms with Crippen molar-refractivity contribution in [2.24, 2.45) is 5.73 Å². The molecular weight excluding hydrogens is 326 g/mol. The van der Waals surface area contributed by atoms with Gasteiger partial charge in [0, 0.05) is 24.7 Å². The molecule has 2 heterocycles. The normalized spacial score (nSPS) is 25.9. The smallest absolute Gasteiger partial charge is 0.260 e. The maximum absolute atomic E-state index is 11.9. The number of para-hydroxylation sites is 1. The summed E-state index contributed by atoms with van der Waals surface area (Å²) in [6.07, 6.45) is 3.87. The zero-order valence-corrected chi connectivity index (χ0v) is 14.5. The van der Waals surface area contributed by atoms with Crippen LogP contribution in [0, 0.1) is 0 Å². The molecule has 24 heavy (non-hydrogen) atoms.